The van der Waals surface area contributed by atoms with Crippen molar-refractivity contribution in [1.29, 1.82) is 0 Å². The largest absolute Gasteiger partial charge is 0.507 e. The molecule has 4 aromatic rings. The zero-order valence-electron chi connectivity index (χ0n) is 20.2. The van der Waals surface area contributed by atoms with Gasteiger partial charge in [0.25, 0.3) is 11.7 Å². The Hall–Kier alpha value is -4.36. The Bertz CT molecular complexity index is 1430. The Kier molecular flexibility index (Phi) is 7.05. The molecule has 2 heterocycles. The van der Waals surface area contributed by atoms with Crippen LogP contribution in [0, 0.1) is 0 Å². The molecular weight excluding hydrogens is 486 g/mol. The molecule has 1 atom stereocenters. The van der Waals surface area contributed by atoms with Gasteiger partial charge in [-0.1, -0.05) is 43.3 Å². The van der Waals surface area contributed by atoms with Crippen molar-refractivity contribution in [3.63, 3.8) is 0 Å². The fourth-order valence-electron chi connectivity index (χ4n) is 4.22. The van der Waals surface area contributed by atoms with Crippen molar-refractivity contribution >= 4 is 34.5 Å². The van der Waals surface area contributed by atoms with Gasteiger partial charge in [-0.15, -0.1) is 11.3 Å². The predicted octanol–water partition coefficient (Wildman–Crippen LogP) is 6.96. The molecular formula is C30H25NO5S. The summed E-state index contributed by atoms with van der Waals surface area (Å²) in [6, 6.07) is 26.2. The average Bonchev–Trinajstić information content (AvgIpc) is 3.55. The van der Waals surface area contributed by atoms with Gasteiger partial charge in [-0.3, -0.25) is 14.5 Å². The van der Waals surface area contributed by atoms with Gasteiger partial charge >= 0.3 is 0 Å². The number of ether oxygens (including phenoxy) is 2. The molecule has 186 valence electrons. The number of aliphatic hydroxyl groups excluding tert-OH is 1. The van der Waals surface area contributed by atoms with Gasteiger partial charge in [0.1, 0.15) is 29.0 Å². The topological polar surface area (TPSA) is 76.1 Å². The Balaban J connectivity index is 1.53. The third kappa shape index (κ3) is 4.99. The third-order valence-corrected chi connectivity index (χ3v) is 6.86. The van der Waals surface area contributed by atoms with E-state index < -0.39 is 17.7 Å². The summed E-state index contributed by atoms with van der Waals surface area (Å²) in [6.07, 6.45) is 0.842. The number of nitrogens with zero attached hydrogens (tertiary/aromatic N) is 1. The van der Waals surface area contributed by atoms with Gasteiger partial charge in [0.15, 0.2) is 0 Å². The maximum absolute atomic E-state index is 13.3. The first-order valence-corrected chi connectivity index (χ1v) is 12.9. The SMILES string of the molecule is CCCOc1cccc(/C(O)=C2/C(=O)C(=O)N(c3ccc(Oc4ccccc4)cc3)C2c2cccs2)c1. The van der Waals surface area contributed by atoms with Gasteiger partial charge in [0.2, 0.25) is 0 Å². The lowest BCUT2D eigenvalue weighted by Gasteiger charge is -2.24. The van der Waals surface area contributed by atoms with E-state index in [0.717, 1.165) is 11.3 Å². The molecule has 1 saturated heterocycles. The van der Waals surface area contributed by atoms with Crippen molar-refractivity contribution in [2.24, 2.45) is 0 Å². The van der Waals surface area contributed by atoms with Gasteiger partial charge in [0.05, 0.1) is 12.2 Å². The second-order valence-electron chi connectivity index (χ2n) is 8.47. The molecule has 1 amide bonds. The number of amides is 1. The van der Waals surface area contributed by atoms with E-state index in [1.807, 2.05) is 54.8 Å². The minimum atomic E-state index is -0.763. The first-order chi connectivity index (χ1) is 18.1. The number of para-hydroxylation sites is 1. The molecule has 3 aromatic carbocycles. The van der Waals surface area contributed by atoms with Gasteiger partial charge in [0, 0.05) is 16.1 Å². The van der Waals surface area contributed by atoms with Crippen molar-refractivity contribution in [3.05, 3.63) is 112 Å². The second-order valence-corrected chi connectivity index (χ2v) is 9.45. The van der Waals surface area contributed by atoms with E-state index in [0.29, 0.717) is 35.1 Å². The van der Waals surface area contributed by atoms with Crippen LogP contribution in [0.5, 0.6) is 17.2 Å². The van der Waals surface area contributed by atoms with E-state index in [1.165, 1.54) is 16.2 Å². The number of thiophene rings is 1. The summed E-state index contributed by atoms with van der Waals surface area (Å²) in [7, 11) is 0. The molecule has 1 aromatic heterocycles. The summed E-state index contributed by atoms with van der Waals surface area (Å²) in [5, 5.41) is 13.2. The maximum Gasteiger partial charge on any atom is 0.300 e. The van der Waals surface area contributed by atoms with Crippen LogP contribution in [0.1, 0.15) is 29.8 Å². The van der Waals surface area contributed by atoms with Crippen LogP contribution in [0.3, 0.4) is 0 Å². The van der Waals surface area contributed by atoms with Gasteiger partial charge < -0.3 is 14.6 Å². The molecule has 1 N–H and O–H groups in total. The minimum absolute atomic E-state index is 0.0460. The molecule has 1 aliphatic heterocycles. The van der Waals surface area contributed by atoms with Gasteiger partial charge in [-0.25, -0.2) is 0 Å². The predicted molar refractivity (Wildman–Crippen MR) is 144 cm³/mol. The van der Waals surface area contributed by atoms with Crippen LogP contribution in [0.2, 0.25) is 0 Å². The zero-order chi connectivity index (χ0) is 25.8. The van der Waals surface area contributed by atoms with Crippen molar-refractivity contribution < 1.29 is 24.2 Å². The highest BCUT2D eigenvalue weighted by atomic mass is 32.1. The maximum atomic E-state index is 13.3. The summed E-state index contributed by atoms with van der Waals surface area (Å²) in [6.45, 7) is 2.54. The number of hydrogen-bond donors (Lipinski definition) is 1. The molecule has 0 spiro atoms. The standard InChI is InChI=1S/C30H25NO5S/c1-2-17-35-24-11-6-8-20(19-24)28(32)26-27(25-12-7-18-37-25)31(30(34)29(26)33)21-13-15-23(16-14-21)36-22-9-4-3-5-10-22/h3-16,18-19,27,32H,2,17H2,1H3/b28-26-. The van der Waals surface area contributed by atoms with Gasteiger partial charge in [-0.05, 0) is 66.4 Å². The lowest BCUT2D eigenvalue weighted by Crippen LogP contribution is -2.29. The molecule has 1 fully saturated rings. The summed E-state index contributed by atoms with van der Waals surface area (Å²) >= 11 is 1.42. The number of carbonyl (C=O) groups is 2. The number of hydrogen-bond acceptors (Lipinski definition) is 6. The first-order valence-electron chi connectivity index (χ1n) is 12.0. The molecule has 37 heavy (non-hydrogen) atoms. The quantitative estimate of drug-likeness (QED) is 0.157. The molecule has 0 radical (unpaired) electrons. The van der Waals surface area contributed by atoms with Crippen molar-refractivity contribution in [2.75, 3.05) is 11.5 Å². The van der Waals surface area contributed by atoms with Crippen LogP contribution >= 0.6 is 11.3 Å². The Morgan fingerprint density at radius 1 is 0.892 bits per heavy atom. The number of aliphatic hydroxyl groups is 1. The molecule has 6 nitrogen and oxygen atoms in total. The van der Waals surface area contributed by atoms with Crippen molar-refractivity contribution in [2.45, 2.75) is 19.4 Å². The number of rotatable bonds is 8. The second kappa shape index (κ2) is 10.7. The first kappa shape index (κ1) is 24.3. The monoisotopic (exact) mass is 511 g/mol. The number of Topliss-reactive ketones (excluding diaryl/α,β-unsaturated/α-hetero) is 1. The lowest BCUT2D eigenvalue weighted by molar-refractivity contribution is -0.132. The zero-order valence-corrected chi connectivity index (χ0v) is 21.0. The molecule has 0 bridgehead atoms. The average molecular weight is 512 g/mol. The number of anilines is 1. The van der Waals surface area contributed by atoms with E-state index in [2.05, 4.69) is 0 Å². The van der Waals surface area contributed by atoms with Crippen LogP contribution < -0.4 is 14.4 Å². The molecule has 5 rings (SSSR count). The summed E-state index contributed by atoms with van der Waals surface area (Å²) in [4.78, 5) is 28.8. The molecule has 1 unspecified atom stereocenters. The van der Waals surface area contributed by atoms with Gasteiger partial charge in [-0.2, -0.15) is 0 Å². The molecule has 0 aliphatic carbocycles. The normalized spacial score (nSPS) is 16.7. The summed E-state index contributed by atoms with van der Waals surface area (Å²) in [5.41, 5.74) is 0.990. The lowest BCUT2D eigenvalue weighted by atomic mass is 9.99. The van der Waals surface area contributed by atoms with Crippen LogP contribution in [0.15, 0.2) is 102 Å². The highest BCUT2D eigenvalue weighted by molar-refractivity contribution is 7.10. The third-order valence-electron chi connectivity index (χ3n) is 5.93. The molecule has 0 saturated carbocycles. The fraction of sp³-hybridized carbons (Fsp3) is 0.133. The molecule has 1 aliphatic rings. The van der Waals surface area contributed by atoms with Crippen LogP contribution in [-0.2, 0) is 9.59 Å². The number of benzene rings is 3. The van der Waals surface area contributed by atoms with E-state index in [4.69, 9.17) is 9.47 Å². The van der Waals surface area contributed by atoms with E-state index >= 15 is 0 Å². The van der Waals surface area contributed by atoms with Crippen LogP contribution in [0.25, 0.3) is 5.76 Å². The Morgan fingerprint density at radius 2 is 1.62 bits per heavy atom. The Labute approximate surface area is 219 Å². The number of carbonyl (C=O) groups excluding carboxylic acids is 2. The highest BCUT2D eigenvalue weighted by Crippen LogP contribution is 2.44. The smallest absolute Gasteiger partial charge is 0.300 e. The van der Waals surface area contributed by atoms with Crippen molar-refractivity contribution in [1.82, 2.24) is 0 Å². The van der Waals surface area contributed by atoms with E-state index in [1.54, 1.807) is 48.5 Å². The van der Waals surface area contributed by atoms with Crippen LogP contribution in [-0.4, -0.2) is 23.4 Å². The van der Waals surface area contributed by atoms with E-state index in [9.17, 15) is 14.7 Å². The van der Waals surface area contributed by atoms with Crippen molar-refractivity contribution in [3.8, 4) is 17.2 Å². The fourth-order valence-corrected chi connectivity index (χ4v) is 5.05. The minimum Gasteiger partial charge on any atom is -0.507 e. The summed E-state index contributed by atoms with van der Waals surface area (Å²) in [5.74, 6) is 0.213. The highest BCUT2D eigenvalue weighted by Gasteiger charge is 2.47. The summed E-state index contributed by atoms with van der Waals surface area (Å²) < 4.78 is 11.6. The number of ketones is 1. The van der Waals surface area contributed by atoms with E-state index in [-0.39, 0.29) is 11.3 Å². The molecule has 7 heteroatoms. The Morgan fingerprint density at radius 3 is 2.32 bits per heavy atom. The van der Waals surface area contributed by atoms with Crippen LogP contribution in [0.4, 0.5) is 5.69 Å².